The first kappa shape index (κ1) is 20.5. The van der Waals surface area contributed by atoms with Crippen molar-refractivity contribution < 1.29 is 9.53 Å². The lowest BCUT2D eigenvalue weighted by molar-refractivity contribution is -0.134. The molecule has 6 heteroatoms. The van der Waals surface area contributed by atoms with E-state index >= 15 is 0 Å². The van der Waals surface area contributed by atoms with Gasteiger partial charge in [0.15, 0.2) is 5.96 Å². The molecule has 2 N–H and O–H groups in total. The average molecular weight is 387 g/mol. The van der Waals surface area contributed by atoms with Crippen LogP contribution in [0.25, 0.3) is 0 Å². The molecule has 6 nitrogen and oxygen atoms in total. The number of guanidine groups is 1. The van der Waals surface area contributed by atoms with E-state index in [0.29, 0.717) is 12.5 Å². The van der Waals surface area contributed by atoms with E-state index in [1.807, 2.05) is 17.0 Å². The van der Waals surface area contributed by atoms with E-state index in [9.17, 15) is 4.79 Å². The number of likely N-dealkylation sites (tertiary alicyclic amines) is 1. The Morgan fingerprint density at radius 2 is 2.04 bits per heavy atom. The molecule has 1 saturated heterocycles. The first-order valence-corrected chi connectivity index (χ1v) is 10.6. The molecule has 0 bridgehead atoms. The van der Waals surface area contributed by atoms with Crippen LogP contribution in [0.2, 0.25) is 0 Å². The summed E-state index contributed by atoms with van der Waals surface area (Å²) in [6, 6.07) is 6.44. The molecule has 2 aliphatic rings. The van der Waals surface area contributed by atoms with Crippen molar-refractivity contribution in [1.29, 1.82) is 0 Å². The standard InChI is InChI=1S/C22H34N4O2/c1-4-23-22(24-14-17-11-16(2)12-20(13-17)28-3)25-19-9-10-26(15-19)21(27)18-7-5-6-8-18/h11-13,18-19H,4-10,14-15H2,1-3H3,(H2,23,24,25). The van der Waals surface area contributed by atoms with Gasteiger partial charge in [-0.3, -0.25) is 4.79 Å². The zero-order valence-corrected chi connectivity index (χ0v) is 17.5. The third kappa shape index (κ3) is 5.40. The summed E-state index contributed by atoms with van der Waals surface area (Å²) in [5, 5.41) is 6.85. The third-order valence-electron chi connectivity index (χ3n) is 5.66. The van der Waals surface area contributed by atoms with E-state index in [-0.39, 0.29) is 12.0 Å². The molecule has 154 valence electrons. The summed E-state index contributed by atoms with van der Waals surface area (Å²) < 4.78 is 5.36. The second kappa shape index (κ2) is 9.80. The van der Waals surface area contributed by atoms with Crippen LogP contribution in [-0.2, 0) is 11.3 Å². The molecule has 1 aliphatic carbocycles. The Labute approximate surface area is 168 Å². The zero-order chi connectivity index (χ0) is 19.9. The second-order valence-corrected chi connectivity index (χ2v) is 7.95. The Morgan fingerprint density at radius 3 is 2.75 bits per heavy atom. The van der Waals surface area contributed by atoms with E-state index in [2.05, 4.69) is 30.5 Å². The number of methoxy groups -OCH3 is 1. The molecule has 0 spiro atoms. The number of amides is 1. The molecule has 1 aliphatic heterocycles. The lowest BCUT2D eigenvalue weighted by Gasteiger charge is -2.21. The van der Waals surface area contributed by atoms with Gasteiger partial charge in [-0.15, -0.1) is 0 Å². The number of aliphatic imine (C=N–C) groups is 1. The van der Waals surface area contributed by atoms with Gasteiger partial charge in [0, 0.05) is 31.6 Å². The number of rotatable bonds is 6. The van der Waals surface area contributed by atoms with Crippen LogP contribution in [0.15, 0.2) is 23.2 Å². The minimum atomic E-state index is 0.259. The van der Waals surface area contributed by atoms with Crippen LogP contribution in [0.1, 0.15) is 50.2 Å². The lowest BCUT2D eigenvalue weighted by atomic mass is 10.1. The van der Waals surface area contributed by atoms with Crippen molar-refractivity contribution in [3.8, 4) is 5.75 Å². The van der Waals surface area contributed by atoms with E-state index in [4.69, 9.17) is 9.73 Å². The number of hydrogen-bond acceptors (Lipinski definition) is 3. The largest absolute Gasteiger partial charge is 0.497 e. The molecule has 1 aromatic rings. The number of nitrogens with one attached hydrogen (secondary N) is 2. The van der Waals surface area contributed by atoms with Crippen LogP contribution >= 0.6 is 0 Å². The van der Waals surface area contributed by atoms with Crippen molar-refractivity contribution in [2.75, 3.05) is 26.7 Å². The molecule has 2 fully saturated rings. The summed E-state index contributed by atoms with van der Waals surface area (Å²) in [7, 11) is 1.69. The highest BCUT2D eigenvalue weighted by Gasteiger charge is 2.32. The summed E-state index contributed by atoms with van der Waals surface area (Å²) >= 11 is 0. The van der Waals surface area contributed by atoms with E-state index < -0.39 is 0 Å². The first-order chi connectivity index (χ1) is 13.6. The fourth-order valence-corrected chi connectivity index (χ4v) is 4.23. The Balaban J connectivity index is 1.57. The van der Waals surface area contributed by atoms with E-state index in [1.54, 1.807) is 7.11 Å². The molecule has 0 aromatic heterocycles. The van der Waals surface area contributed by atoms with E-state index in [1.165, 1.54) is 18.4 Å². The summed E-state index contributed by atoms with van der Waals surface area (Å²) in [5.41, 5.74) is 2.29. The normalized spacial score (nSPS) is 20.5. The van der Waals surface area contributed by atoms with Crippen molar-refractivity contribution in [3.05, 3.63) is 29.3 Å². The average Bonchev–Trinajstić information content (AvgIpc) is 3.37. The molecule has 1 heterocycles. The number of carbonyl (C=O) groups is 1. The Hall–Kier alpha value is -2.24. The first-order valence-electron chi connectivity index (χ1n) is 10.6. The van der Waals surface area contributed by atoms with Gasteiger partial charge in [0.1, 0.15) is 5.75 Å². The van der Waals surface area contributed by atoms with Gasteiger partial charge in [0.05, 0.1) is 13.7 Å². The minimum absolute atomic E-state index is 0.259. The van der Waals surface area contributed by atoms with Gasteiger partial charge >= 0.3 is 0 Å². The molecule has 1 saturated carbocycles. The molecule has 1 unspecified atom stereocenters. The molecular weight excluding hydrogens is 352 g/mol. The zero-order valence-electron chi connectivity index (χ0n) is 17.5. The predicted molar refractivity (Wildman–Crippen MR) is 113 cm³/mol. The lowest BCUT2D eigenvalue weighted by Crippen LogP contribution is -2.45. The van der Waals surface area contributed by atoms with Crippen molar-refractivity contribution in [1.82, 2.24) is 15.5 Å². The van der Waals surface area contributed by atoms with Crippen LogP contribution in [0.3, 0.4) is 0 Å². The molecule has 1 amide bonds. The minimum Gasteiger partial charge on any atom is -0.497 e. The van der Waals surface area contributed by atoms with Crippen LogP contribution < -0.4 is 15.4 Å². The van der Waals surface area contributed by atoms with Gasteiger partial charge in [-0.2, -0.15) is 0 Å². The SMILES string of the molecule is CCNC(=NCc1cc(C)cc(OC)c1)NC1CCN(C(=O)C2CCCC2)C1. The van der Waals surface area contributed by atoms with Crippen LogP contribution in [-0.4, -0.2) is 49.6 Å². The van der Waals surface area contributed by atoms with Gasteiger partial charge in [-0.1, -0.05) is 18.9 Å². The fraction of sp³-hybridized carbons (Fsp3) is 0.636. The molecule has 28 heavy (non-hydrogen) atoms. The maximum Gasteiger partial charge on any atom is 0.225 e. The Bertz CT molecular complexity index is 698. The highest BCUT2D eigenvalue weighted by atomic mass is 16.5. The molecular formula is C22H34N4O2. The van der Waals surface area contributed by atoms with Crippen molar-refractivity contribution in [2.24, 2.45) is 10.9 Å². The molecule has 3 rings (SSSR count). The number of aryl methyl sites for hydroxylation is 1. The maximum atomic E-state index is 12.6. The van der Waals surface area contributed by atoms with Crippen molar-refractivity contribution in [2.45, 2.75) is 58.5 Å². The fourth-order valence-electron chi connectivity index (χ4n) is 4.23. The monoisotopic (exact) mass is 386 g/mol. The van der Waals surface area contributed by atoms with Gasteiger partial charge < -0.3 is 20.3 Å². The van der Waals surface area contributed by atoms with Crippen LogP contribution in [0, 0.1) is 12.8 Å². The summed E-state index contributed by atoms with van der Waals surface area (Å²) in [6.45, 7) is 7.15. The molecule has 0 radical (unpaired) electrons. The van der Waals surface area contributed by atoms with Crippen LogP contribution in [0.4, 0.5) is 0 Å². The van der Waals surface area contributed by atoms with Crippen LogP contribution in [0.5, 0.6) is 5.75 Å². The highest BCUT2D eigenvalue weighted by Crippen LogP contribution is 2.27. The van der Waals surface area contributed by atoms with Gasteiger partial charge in [-0.25, -0.2) is 4.99 Å². The highest BCUT2D eigenvalue weighted by molar-refractivity contribution is 5.81. The number of nitrogens with zero attached hydrogens (tertiary/aromatic N) is 2. The Kier molecular flexibility index (Phi) is 7.18. The summed E-state index contributed by atoms with van der Waals surface area (Å²) in [6.07, 6.45) is 5.51. The molecule has 1 atom stereocenters. The number of hydrogen-bond donors (Lipinski definition) is 2. The van der Waals surface area contributed by atoms with Gasteiger partial charge in [0.25, 0.3) is 0 Å². The third-order valence-corrected chi connectivity index (χ3v) is 5.66. The Morgan fingerprint density at radius 1 is 1.25 bits per heavy atom. The van der Waals surface area contributed by atoms with E-state index in [0.717, 1.165) is 56.2 Å². The smallest absolute Gasteiger partial charge is 0.225 e. The van der Waals surface area contributed by atoms with Gasteiger partial charge in [0.2, 0.25) is 5.91 Å². The van der Waals surface area contributed by atoms with Gasteiger partial charge in [-0.05, 0) is 56.4 Å². The maximum absolute atomic E-state index is 12.6. The summed E-state index contributed by atoms with van der Waals surface area (Å²) in [5.74, 6) is 2.29. The summed E-state index contributed by atoms with van der Waals surface area (Å²) in [4.78, 5) is 19.4. The number of ether oxygens (including phenoxy) is 1. The van der Waals surface area contributed by atoms with Crippen molar-refractivity contribution >= 4 is 11.9 Å². The topological polar surface area (TPSA) is 66.0 Å². The molecule has 1 aromatic carbocycles. The predicted octanol–water partition coefficient (Wildman–Crippen LogP) is 2.85. The number of carbonyl (C=O) groups excluding carboxylic acids is 1. The van der Waals surface area contributed by atoms with Crippen molar-refractivity contribution in [3.63, 3.8) is 0 Å². The number of benzene rings is 1. The second-order valence-electron chi connectivity index (χ2n) is 7.95. The quantitative estimate of drug-likeness (QED) is 0.583.